The Morgan fingerprint density at radius 3 is 2.07 bits per heavy atom. The van der Waals surface area contributed by atoms with E-state index in [-0.39, 0.29) is 6.61 Å². The van der Waals surface area contributed by atoms with Crippen LogP contribution in [0.5, 0.6) is 0 Å². The van der Waals surface area contributed by atoms with Crippen LogP contribution in [0.15, 0.2) is 36.4 Å². The van der Waals surface area contributed by atoms with Crippen LogP contribution >= 0.6 is 0 Å². The van der Waals surface area contributed by atoms with Gasteiger partial charge in [-0.1, -0.05) is 33.8 Å². The maximum atomic E-state index is 9.29. The highest BCUT2D eigenvalue weighted by Gasteiger charge is 2.12. The molecule has 27 heavy (non-hydrogen) atoms. The summed E-state index contributed by atoms with van der Waals surface area (Å²) in [4.78, 5) is 9.35. The first-order chi connectivity index (χ1) is 13.1. The van der Waals surface area contributed by atoms with E-state index < -0.39 is 0 Å². The number of benzene rings is 2. The molecule has 0 spiro atoms. The quantitative estimate of drug-likeness (QED) is 0.544. The zero-order valence-corrected chi connectivity index (χ0v) is 17.4. The first-order valence-electron chi connectivity index (χ1n) is 9.58. The van der Waals surface area contributed by atoms with Crippen LogP contribution in [0.1, 0.15) is 39.1 Å². The van der Waals surface area contributed by atoms with Crippen LogP contribution in [0.4, 0.5) is 0 Å². The number of hydrogen-bond acceptors (Lipinski definition) is 3. The minimum Gasteiger partial charge on any atom is -0.392 e. The number of aromatic nitrogens is 4. The van der Waals surface area contributed by atoms with E-state index in [9.17, 15) is 5.11 Å². The third-order valence-electron chi connectivity index (χ3n) is 4.49. The zero-order valence-electron chi connectivity index (χ0n) is 17.4. The van der Waals surface area contributed by atoms with Crippen molar-refractivity contribution in [3.63, 3.8) is 0 Å². The summed E-state index contributed by atoms with van der Waals surface area (Å²) in [6.45, 7) is 10.0. The molecule has 0 fully saturated rings. The Morgan fingerprint density at radius 2 is 1.41 bits per heavy atom. The standard InChI is InChI=1S/C18H18N4O.2C2H6/c1-11-19-15-9-13(5-7-16(15)21(11)2)18-20-14-8-12(10-23)4-6-17(14)22(18)3;2*1-2/h4-9,23H,10H2,1-3H3;2*1-2H3. The number of aliphatic hydroxyl groups is 1. The topological polar surface area (TPSA) is 55.9 Å². The smallest absolute Gasteiger partial charge is 0.140 e. The number of aliphatic hydroxyl groups excluding tert-OH is 1. The van der Waals surface area contributed by atoms with E-state index in [0.717, 1.165) is 44.8 Å². The number of imidazole rings is 2. The van der Waals surface area contributed by atoms with Crippen molar-refractivity contribution in [3.05, 3.63) is 47.8 Å². The van der Waals surface area contributed by atoms with Gasteiger partial charge in [-0.25, -0.2) is 9.97 Å². The molecule has 0 saturated heterocycles. The molecule has 0 unspecified atom stereocenters. The van der Waals surface area contributed by atoms with Gasteiger partial charge in [-0.2, -0.15) is 0 Å². The van der Waals surface area contributed by atoms with E-state index >= 15 is 0 Å². The minimum absolute atomic E-state index is 0.0288. The second-order valence-electron chi connectivity index (χ2n) is 5.90. The second-order valence-corrected chi connectivity index (χ2v) is 5.90. The van der Waals surface area contributed by atoms with Gasteiger partial charge < -0.3 is 14.2 Å². The van der Waals surface area contributed by atoms with Gasteiger partial charge in [-0.3, -0.25) is 0 Å². The van der Waals surface area contributed by atoms with Crippen molar-refractivity contribution in [1.82, 2.24) is 19.1 Å². The highest BCUT2D eigenvalue weighted by molar-refractivity contribution is 5.85. The van der Waals surface area contributed by atoms with Crippen molar-refractivity contribution in [1.29, 1.82) is 0 Å². The molecular formula is C22H30N4O. The van der Waals surface area contributed by atoms with Crippen molar-refractivity contribution >= 4 is 22.1 Å². The molecule has 4 aromatic rings. The van der Waals surface area contributed by atoms with Crippen molar-refractivity contribution in [2.24, 2.45) is 14.1 Å². The third kappa shape index (κ3) is 3.74. The van der Waals surface area contributed by atoms with Gasteiger partial charge in [-0.05, 0) is 42.8 Å². The van der Waals surface area contributed by atoms with E-state index in [4.69, 9.17) is 4.98 Å². The molecule has 2 aromatic carbocycles. The zero-order chi connectivity index (χ0) is 20.1. The lowest BCUT2D eigenvalue weighted by Gasteiger charge is -2.03. The fourth-order valence-corrected chi connectivity index (χ4v) is 3.06. The number of hydrogen-bond donors (Lipinski definition) is 1. The van der Waals surface area contributed by atoms with Gasteiger partial charge in [0.15, 0.2) is 0 Å². The first-order valence-corrected chi connectivity index (χ1v) is 9.58. The lowest BCUT2D eigenvalue weighted by Crippen LogP contribution is -1.93. The Bertz CT molecular complexity index is 1040. The number of nitrogens with zero attached hydrogens (tertiary/aromatic N) is 4. The molecule has 0 aliphatic rings. The monoisotopic (exact) mass is 366 g/mol. The fourth-order valence-electron chi connectivity index (χ4n) is 3.06. The van der Waals surface area contributed by atoms with Gasteiger partial charge in [0.2, 0.25) is 0 Å². The molecule has 2 heterocycles. The third-order valence-corrected chi connectivity index (χ3v) is 4.49. The van der Waals surface area contributed by atoms with E-state index in [1.807, 2.05) is 66.9 Å². The predicted molar refractivity (Wildman–Crippen MR) is 114 cm³/mol. The summed E-state index contributed by atoms with van der Waals surface area (Å²) >= 11 is 0. The summed E-state index contributed by atoms with van der Waals surface area (Å²) in [5.41, 5.74) is 5.96. The molecule has 1 N–H and O–H groups in total. The summed E-state index contributed by atoms with van der Waals surface area (Å²) in [6, 6.07) is 12.1. The highest BCUT2D eigenvalue weighted by Crippen LogP contribution is 2.27. The van der Waals surface area contributed by atoms with E-state index in [2.05, 4.69) is 32.3 Å². The van der Waals surface area contributed by atoms with Crippen molar-refractivity contribution < 1.29 is 5.11 Å². The summed E-state index contributed by atoms with van der Waals surface area (Å²) in [5, 5.41) is 9.29. The van der Waals surface area contributed by atoms with Crippen molar-refractivity contribution in [3.8, 4) is 11.4 Å². The number of fused-ring (bicyclic) bond motifs is 2. The predicted octanol–water partition coefficient (Wildman–Crippen LogP) is 4.98. The maximum Gasteiger partial charge on any atom is 0.140 e. The molecule has 4 rings (SSSR count). The Labute approximate surface area is 161 Å². The minimum atomic E-state index is 0.0288. The van der Waals surface area contributed by atoms with Crippen LogP contribution in [-0.2, 0) is 20.7 Å². The van der Waals surface area contributed by atoms with Gasteiger partial charge >= 0.3 is 0 Å². The molecule has 5 nitrogen and oxygen atoms in total. The molecule has 0 saturated carbocycles. The van der Waals surface area contributed by atoms with E-state index in [0.29, 0.717) is 0 Å². The van der Waals surface area contributed by atoms with Gasteiger partial charge in [0.1, 0.15) is 11.6 Å². The van der Waals surface area contributed by atoms with Crippen LogP contribution in [0.2, 0.25) is 0 Å². The Kier molecular flexibility index (Phi) is 6.75. The second kappa shape index (κ2) is 8.82. The average molecular weight is 367 g/mol. The molecule has 0 aliphatic heterocycles. The molecule has 5 heteroatoms. The summed E-state index contributed by atoms with van der Waals surface area (Å²) in [5.74, 6) is 1.90. The number of aryl methyl sites for hydroxylation is 3. The molecule has 0 atom stereocenters. The Morgan fingerprint density at radius 1 is 0.815 bits per heavy atom. The van der Waals surface area contributed by atoms with Crippen LogP contribution in [0.3, 0.4) is 0 Å². The van der Waals surface area contributed by atoms with Gasteiger partial charge in [0.05, 0.1) is 28.7 Å². The summed E-state index contributed by atoms with van der Waals surface area (Å²) in [6.07, 6.45) is 0. The largest absolute Gasteiger partial charge is 0.392 e. The molecular weight excluding hydrogens is 336 g/mol. The lowest BCUT2D eigenvalue weighted by atomic mass is 10.2. The van der Waals surface area contributed by atoms with Crippen molar-refractivity contribution in [2.45, 2.75) is 41.2 Å². The molecule has 0 bridgehead atoms. The Balaban J connectivity index is 0.000000614. The fraction of sp³-hybridized carbons (Fsp3) is 0.364. The normalized spacial score (nSPS) is 10.4. The Hall–Kier alpha value is -2.66. The average Bonchev–Trinajstić information content (AvgIpc) is 3.20. The summed E-state index contributed by atoms with van der Waals surface area (Å²) in [7, 11) is 4.03. The molecule has 0 amide bonds. The summed E-state index contributed by atoms with van der Waals surface area (Å²) < 4.78 is 4.16. The van der Waals surface area contributed by atoms with Crippen LogP contribution in [-0.4, -0.2) is 24.2 Å². The van der Waals surface area contributed by atoms with Gasteiger partial charge in [-0.15, -0.1) is 0 Å². The maximum absolute atomic E-state index is 9.29. The molecule has 0 radical (unpaired) electrons. The molecule has 144 valence electrons. The van der Waals surface area contributed by atoms with Gasteiger partial charge in [0.25, 0.3) is 0 Å². The molecule has 2 aromatic heterocycles. The lowest BCUT2D eigenvalue weighted by molar-refractivity contribution is 0.282. The van der Waals surface area contributed by atoms with Crippen LogP contribution in [0.25, 0.3) is 33.5 Å². The molecule has 0 aliphatic carbocycles. The SMILES string of the molecule is CC.CC.Cc1nc2cc(-c3nc4cc(CO)ccc4n3C)ccc2n1C. The van der Waals surface area contributed by atoms with Crippen LogP contribution in [0, 0.1) is 6.92 Å². The van der Waals surface area contributed by atoms with Gasteiger partial charge in [0, 0.05) is 19.7 Å². The first kappa shape index (κ1) is 20.6. The van der Waals surface area contributed by atoms with E-state index in [1.54, 1.807) is 0 Å². The number of rotatable bonds is 2. The van der Waals surface area contributed by atoms with Crippen LogP contribution < -0.4 is 0 Å². The van der Waals surface area contributed by atoms with Crippen molar-refractivity contribution in [2.75, 3.05) is 0 Å². The highest BCUT2D eigenvalue weighted by atomic mass is 16.3. The van der Waals surface area contributed by atoms with E-state index in [1.165, 1.54) is 0 Å².